The Morgan fingerprint density at radius 3 is 2.50 bits per heavy atom. The number of hydrogen-bond acceptors (Lipinski definition) is 5. The first kappa shape index (κ1) is 16.9. The summed E-state index contributed by atoms with van der Waals surface area (Å²) >= 11 is 5.16. The molecule has 3 aliphatic heterocycles. The van der Waals surface area contributed by atoms with Gasteiger partial charge in [0.1, 0.15) is 5.75 Å². The number of carbonyl (C=O) groups excluding carboxylic acids is 1. The van der Waals surface area contributed by atoms with Crippen LogP contribution in [0.3, 0.4) is 0 Å². The number of methoxy groups -OCH3 is 1. The van der Waals surface area contributed by atoms with Crippen LogP contribution >= 0.6 is 12.2 Å². The van der Waals surface area contributed by atoms with Crippen LogP contribution in [0.1, 0.15) is 12.8 Å². The lowest BCUT2D eigenvalue weighted by Gasteiger charge is -2.49. The molecule has 3 saturated heterocycles. The van der Waals surface area contributed by atoms with E-state index < -0.39 is 11.5 Å². The Hall–Kier alpha value is -1.90. The normalized spacial score (nSPS) is 28.1. The molecule has 1 atom stereocenters. The molecule has 0 saturated carbocycles. The van der Waals surface area contributed by atoms with Crippen LogP contribution in [0, 0.1) is 5.92 Å². The lowest BCUT2D eigenvalue weighted by molar-refractivity contribution is -0.162. The molecule has 2 bridgehead atoms. The number of carbonyl (C=O) groups is 1. The van der Waals surface area contributed by atoms with Gasteiger partial charge in [-0.3, -0.25) is 20.5 Å². The Bertz CT molecular complexity index is 616. The summed E-state index contributed by atoms with van der Waals surface area (Å²) in [6.07, 6.45) is 1.69. The van der Waals surface area contributed by atoms with E-state index in [1.165, 1.54) is 0 Å². The minimum Gasteiger partial charge on any atom is -0.497 e. The Balaban J connectivity index is 1.51. The van der Waals surface area contributed by atoms with E-state index in [-0.39, 0.29) is 11.0 Å². The van der Waals surface area contributed by atoms with Crippen molar-refractivity contribution < 1.29 is 14.6 Å². The Kier molecular flexibility index (Phi) is 4.88. The number of fused-ring (bicyclic) bond motifs is 3. The van der Waals surface area contributed by atoms with Crippen LogP contribution in [0.5, 0.6) is 5.75 Å². The molecule has 3 aliphatic rings. The number of benzene rings is 1. The highest BCUT2D eigenvalue weighted by Crippen LogP contribution is 2.35. The number of aliphatic hydroxyl groups is 1. The van der Waals surface area contributed by atoms with Crippen molar-refractivity contribution in [3.63, 3.8) is 0 Å². The minimum absolute atomic E-state index is 0.00687. The third-order valence-corrected chi connectivity index (χ3v) is 4.96. The predicted molar refractivity (Wildman–Crippen MR) is 94.6 cm³/mol. The maximum absolute atomic E-state index is 12.4. The molecule has 3 heterocycles. The maximum Gasteiger partial charge on any atom is 0.271 e. The van der Waals surface area contributed by atoms with Gasteiger partial charge in [0, 0.05) is 18.2 Å². The van der Waals surface area contributed by atoms with Gasteiger partial charge in [-0.15, -0.1) is 0 Å². The molecule has 3 fully saturated rings. The van der Waals surface area contributed by atoms with Gasteiger partial charge in [0.05, 0.1) is 7.11 Å². The first-order chi connectivity index (χ1) is 11.5. The summed E-state index contributed by atoms with van der Waals surface area (Å²) in [6, 6.07) is 7.24. The van der Waals surface area contributed by atoms with E-state index in [4.69, 9.17) is 17.0 Å². The van der Waals surface area contributed by atoms with Gasteiger partial charge >= 0.3 is 0 Å². The molecule has 130 valence electrons. The second-order valence-electron chi connectivity index (χ2n) is 6.24. The molecule has 24 heavy (non-hydrogen) atoms. The number of piperidine rings is 3. The molecule has 1 aromatic rings. The highest BCUT2D eigenvalue weighted by Gasteiger charge is 2.50. The second-order valence-corrected chi connectivity index (χ2v) is 6.64. The average Bonchev–Trinajstić information content (AvgIpc) is 2.61. The number of ether oxygens (including phenoxy) is 1. The monoisotopic (exact) mass is 350 g/mol. The maximum atomic E-state index is 12.4. The van der Waals surface area contributed by atoms with Crippen molar-refractivity contribution in [3.8, 4) is 5.75 Å². The van der Waals surface area contributed by atoms with Crippen LogP contribution in [-0.2, 0) is 4.79 Å². The molecule has 1 unspecified atom stereocenters. The predicted octanol–water partition coefficient (Wildman–Crippen LogP) is 0.469. The quantitative estimate of drug-likeness (QED) is 0.466. The van der Waals surface area contributed by atoms with Crippen molar-refractivity contribution in [3.05, 3.63) is 24.3 Å². The van der Waals surface area contributed by atoms with Gasteiger partial charge in [-0.25, -0.2) is 0 Å². The van der Waals surface area contributed by atoms with Crippen molar-refractivity contribution in [2.24, 2.45) is 5.92 Å². The largest absolute Gasteiger partial charge is 0.497 e. The Labute approximate surface area is 146 Å². The van der Waals surface area contributed by atoms with Crippen molar-refractivity contribution in [2.45, 2.75) is 18.4 Å². The lowest BCUT2D eigenvalue weighted by Crippen LogP contribution is -2.67. The highest BCUT2D eigenvalue weighted by molar-refractivity contribution is 7.80. The standard InChI is InChI=1S/C16H22N4O3S/c1-23-13-4-2-12(3-5-13)17-15(24)19-18-14(21)16(22)10-20-8-6-11(16)7-9-20/h2-5,11,22H,6-10H2,1H3,(H,18,21)(H2,17,19,24). The van der Waals surface area contributed by atoms with E-state index in [9.17, 15) is 9.90 Å². The molecule has 1 amide bonds. The fourth-order valence-corrected chi connectivity index (χ4v) is 3.52. The zero-order valence-corrected chi connectivity index (χ0v) is 14.4. The van der Waals surface area contributed by atoms with Gasteiger partial charge in [-0.05, 0) is 62.4 Å². The van der Waals surface area contributed by atoms with Crippen molar-refractivity contribution in [1.82, 2.24) is 15.8 Å². The molecular weight excluding hydrogens is 328 g/mol. The average molecular weight is 350 g/mol. The van der Waals surface area contributed by atoms with E-state index in [0.29, 0.717) is 6.54 Å². The van der Waals surface area contributed by atoms with Crippen LogP contribution in [0.25, 0.3) is 0 Å². The number of thiocarbonyl (C=S) groups is 1. The highest BCUT2D eigenvalue weighted by atomic mass is 32.1. The van der Waals surface area contributed by atoms with Crippen LogP contribution in [0.2, 0.25) is 0 Å². The lowest BCUT2D eigenvalue weighted by atomic mass is 9.75. The fraction of sp³-hybridized carbons (Fsp3) is 0.500. The van der Waals surface area contributed by atoms with Gasteiger partial charge in [-0.2, -0.15) is 0 Å². The number of hydrogen-bond donors (Lipinski definition) is 4. The van der Waals surface area contributed by atoms with E-state index in [1.807, 2.05) is 12.1 Å². The van der Waals surface area contributed by atoms with Gasteiger partial charge < -0.3 is 15.2 Å². The molecule has 0 radical (unpaired) electrons. The molecule has 0 aliphatic carbocycles. The molecule has 1 aromatic carbocycles. The van der Waals surface area contributed by atoms with Crippen molar-refractivity contribution in [2.75, 3.05) is 32.1 Å². The number of nitrogens with one attached hydrogen (secondary N) is 3. The molecular formula is C16H22N4O3S. The fourth-order valence-electron chi connectivity index (χ4n) is 3.35. The zero-order valence-electron chi connectivity index (χ0n) is 13.5. The first-order valence-corrected chi connectivity index (χ1v) is 8.38. The summed E-state index contributed by atoms with van der Waals surface area (Å²) in [5.41, 5.74) is 4.60. The molecule has 7 nitrogen and oxygen atoms in total. The Morgan fingerprint density at radius 2 is 1.96 bits per heavy atom. The summed E-state index contributed by atoms with van der Waals surface area (Å²) in [5.74, 6) is 0.320. The topological polar surface area (TPSA) is 85.9 Å². The van der Waals surface area contributed by atoms with Crippen LogP contribution < -0.4 is 20.9 Å². The SMILES string of the molecule is COc1ccc(NC(=S)NNC(=O)C2(O)CN3CCC2CC3)cc1. The van der Waals surface area contributed by atoms with E-state index in [2.05, 4.69) is 21.1 Å². The van der Waals surface area contributed by atoms with Crippen LogP contribution in [0.4, 0.5) is 5.69 Å². The number of rotatable bonds is 3. The minimum atomic E-state index is -1.35. The smallest absolute Gasteiger partial charge is 0.271 e. The second kappa shape index (κ2) is 6.92. The summed E-state index contributed by atoms with van der Waals surface area (Å²) in [5, 5.41) is 13.9. The molecule has 0 spiro atoms. The van der Waals surface area contributed by atoms with Crippen molar-refractivity contribution >= 4 is 28.9 Å². The van der Waals surface area contributed by atoms with Crippen LogP contribution in [0.15, 0.2) is 24.3 Å². The summed E-state index contributed by atoms with van der Waals surface area (Å²) < 4.78 is 5.09. The van der Waals surface area contributed by atoms with Gasteiger partial charge in [0.2, 0.25) is 0 Å². The molecule has 8 heteroatoms. The zero-order chi connectivity index (χ0) is 17.2. The van der Waals surface area contributed by atoms with Gasteiger partial charge in [0.25, 0.3) is 5.91 Å². The number of nitrogens with zero attached hydrogens (tertiary/aromatic N) is 1. The van der Waals surface area contributed by atoms with Crippen LogP contribution in [-0.4, -0.2) is 53.4 Å². The number of amides is 1. The summed E-state index contributed by atoms with van der Waals surface area (Å²) in [4.78, 5) is 14.5. The number of anilines is 1. The van der Waals surface area contributed by atoms with E-state index >= 15 is 0 Å². The van der Waals surface area contributed by atoms with E-state index in [1.54, 1.807) is 19.2 Å². The van der Waals surface area contributed by atoms with Gasteiger partial charge in [-0.1, -0.05) is 0 Å². The first-order valence-electron chi connectivity index (χ1n) is 7.97. The summed E-state index contributed by atoms with van der Waals surface area (Å²) in [6.45, 7) is 2.28. The molecule has 0 aromatic heterocycles. The van der Waals surface area contributed by atoms with Crippen molar-refractivity contribution in [1.29, 1.82) is 0 Å². The third-order valence-electron chi connectivity index (χ3n) is 4.76. The molecule has 4 N–H and O–H groups in total. The molecule has 4 rings (SSSR count). The van der Waals surface area contributed by atoms with E-state index in [0.717, 1.165) is 37.4 Å². The summed E-state index contributed by atoms with van der Waals surface area (Å²) in [7, 11) is 1.60. The number of hydrazine groups is 1. The Morgan fingerprint density at radius 1 is 1.29 bits per heavy atom. The van der Waals surface area contributed by atoms with Gasteiger partial charge in [0.15, 0.2) is 10.7 Å². The third kappa shape index (κ3) is 3.45.